The van der Waals surface area contributed by atoms with Crippen LogP contribution < -0.4 is 11.1 Å². The predicted molar refractivity (Wildman–Crippen MR) is 83.7 cm³/mol. The second-order valence-corrected chi connectivity index (χ2v) is 4.64. The molecule has 116 valence electrons. The summed E-state index contributed by atoms with van der Waals surface area (Å²) in [7, 11) is 0. The molecule has 0 saturated carbocycles. The van der Waals surface area contributed by atoms with Gasteiger partial charge in [-0.25, -0.2) is 0 Å². The molecular formula is C13H23Cl2N3O2. The van der Waals surface area contributed by atoms with Gasteiger partial charge >= 0.3 is 0 Å². The highest BCUT2D eigenvalue weighted by Gasteiger charge is 2.23. The first-order valence-electron chi connectivity index (χ1n) is 6.54. The number of rotatable bonds is 5. The van der Waals surface area contributed by atoms with Gasteiger partial charge < -0.3 is 15.5 Å². The Morgan fingerprint density at radius 3 is 2.90 bits per heavy atom. The van der Waals surface area contributed by atoms with Crippen molar-refractivity contribution in [2.75, 3.05) is 19.6 Å². The molecule has 1 saturated heterocycles. The molecule has 0 bridgehead atoms. The number of carbonyl (C=O) groups is 1. The quantitative estimate of drug-likeness (QED) is 0.866. The van der Waals surface area contributed by atoms with Crippen LogP contribution in [0.2, 0.25) is 0 Å². The van der Waals surface area contributed by atoms with E-state index in [1.54, 1.807) is 6.07 Å². The lowest BCUT2D eigenvalue weighted by molar-refractivity contribution is 0.0940. The van der Waals surface area contributed by atoms with E-state index in [0.717, 1.165) is 19.5 Å². The third-order valence-electron chi connectivity index (χ3n) is 3.52. The Bertz CT molecular complexity index is 412. The molecule has 1 amide bonds. The van der Waals surface area contributed by atoms with E-state index in [4.69, 9.17) is 10.2 Å². The number of nitrogens with two attached hydrogens (primary N) is 1. The number of amides is 1. The molecule has 1 aromatic rings. The third kappa shape index (κ3) is 4.66. The van der Waals surface area contributed by atoms with Gasteiger partial charge in [-0.15, -0.1) is 24.8 Å². The first kappa shape index (κ1) is 19.2. The molecule has 0 aromatic carbocycles. The van der Waals surface area contributed by atoms with Gasteiger partial charge in [-0.05, 0) is 32.0 Å². The molecule has 1 aromatic heterocycles. The number of carbonyl (C=O) groups excluding carboxylic acids is 1. The number of nitrogens with zero attached hydrogens (tertiary/aromatic N) is 1. The van der Waals surface area contributed by atoms with Crippen molar-refractivity contribution in [2.45, 2.75) is 32.4 Å². The summed E-state index contributed by atoms with van der Waals surface area (Å²) >= 11 is 0. The second-order valence-electron chi connectivity index (χ2n) is 4.64. The van der Waals surface area contributed by atoms with Gasteiger partial charge in [0, 0.05) is 12.6 Å². The molecule has 0 aliphatic carbocycles. The monoisotopic (exact) mass is 323 g/mol. The Hall–Kier alpha value is -0.750. The lowest BCUT2D eigenvalue weighted by Crippen LogP contribution is -2.39. The molecule has 2 heterocycles. The Morgan fingerprint density at radius 1 is 1.55 bits per heavy atom. The van der Waals surface area contributed by atoms with Gasteiger partial charge in [0.05, 0.1) is 12.1 Å². The first-order valence-corrected chi connectivity index (χ1v) is 6.54. The molecule has 1 unspecified atom stereocenters. The number of hydrogen-bond acceptors (Lipinski definition) is 4. The van der Waals surface area contributed by atoms with E-state index < -0.39 is 0 Å². The first-order chi connectivity index (χ1) is 8.74. The average Bonchev–Trinajstić information content (AvgIpc) is 3.04. The van der Waals surface area contributed by atoms with E-state index in [1.165, 1.54) is 12.7 Å². The molecule has 1 fully saturated rings. The van der Waals surface area contributed by atoms with Crippen molar-refractivity contribution in [3.8, 4) is 0 Å². The molecule has 3 N–H and O–H groups in total. The van der Waals surface area contributed by atoms with Crippen LogP contribution in [0.5, 0.6) is 0 Å². The van der Waals surface area contributed by atoms with Crippen molar-refractivity contribution in [3.05, 3.63) is 23.7 Å². The topological polar surface area (TPSA) is 71.5 Å². The van der Waals surface area contributed by atoms with Crippen molar-refractivity contribution < 1.29 is 9.21 Å². The number of furan rings is 1. The highest BCUT2D eigenvalue weighted by Crippen LogP contribution is 2.15. The average molecular weight is 324 g/mol. The van der Waals surface area contributed by atoms with Crippen LogP contribution in [-0.2, 0) is 6.54 Å². The molecule has 5 nitrogen and oxygen atoms in total. The Labute approximate surface area is 132 Å². The number of halogens is 2. The fourth-order valence-electron chi connectivity index (χ4n) is 2.46. The Morgan fingerprint density at radius 2 is 2.30 bits per heavy atom. The molecule has 1 aliphatic rings. The smallest absolute Gasteiger partial charge is 0.254 e. The number of likely N-dealkylation sites (N-methyl/N-ethyl adjacent to an activating group) is 1. The Kier molecular flexibility index (Phi) is 8.89. The summed E-state index contributed by atoms with van der Waals surface area (Å²) in [6, 6.07) is 2.17. The van der Waals surface area contributed by atoms with E-state index in [1.807, 2.05) is 0 Å². The summed E-state index contributed by atoms with van der Waals surface area (Å²) in [6.45, 7) is 5.36. The molecule has 0 radical (unpaired) electrons. The van der Waals surface area contributed by atoms with Crippen LogP contribution in [0, 0.1) is 0 Å². The van der Waals surface area contributed by atoms with E-state index in [0.29, 0.717) is 30.5 Å². The Balaban J connectivity index is 0.00000180. The molecule has 1 atom stereocenters. The minimum Gasteiger partial charge on any atom is -0.467 e. The van der Waals surface area contributed by atoms with Crippen LogP contribution in [0.3, 0.4) is 0 Å². The predicted octanol–water partition coefficient (Wildman–Crippen LogP) is 1.80. The van der Waals surface area contributed by atoms with E-state index in [-0.39, 0.29) is 30.7 Å². The standard InChI is InChI=1S/C13H21N3O2.2ClH/c1-2-16-5-3-4-11(16)8-15-13(17)10-6-12(7-14)18-9-10;;/h6,9,11H,2-5,7-8,14H2,1H3,(H,15,17);2*1H. The molecule has 2 rings (SSSR count). The second kappa shape index (κ2) is 9.23. The maximum absolute atomic E-state index is 11.9. The highest BCUT2D eigenvalue weighted by molar-refractivity contribution is 5.93. The van der Waals surface area contributed by atoms with Gasteiger partial charge in [-0.1, -0.05) is 6.92 Å². The van der Waals surface area contributed by atoms with Crippen molar-refractivity contribution in [1.82, 2.24) is 10.2 Å². The zero-order valence-electron chi connectivity index (χ0n) is 11.6. The van der Waals surface area contributed by atoms with Crippen LogP contribution in [0.15, 0.2) is 16.7 Å². The van der Waals surface area contributed by atoms with E-state index in [9.17, 15) is 4.79 Å². The van der Waals surface area contributed by atoms with Crippen molar-refractivity contribution in [1.29, 1.82) is 0 Å². The lowest BCUT2D eigenvalue weighted by atomic mass is 10.2. The summed E-state index contributed by atoms with van der Waals surface area (Å²) in [5, 5.41) is 2.96. The van der Waals surface area contributed by atoms with Crippen molar-refractivity contribution >= 4 is 30.7 Å². The van der Waals surface area contributed by atoms with Gasteiger partial charge in [0.25, 0.3) is 5.91 Å². The van der Waals surface area contributed by atoms with Gasteiger partial charge in [-0.2, -0.15) is 0 Å². The summed E-state index contributed by atoms with van der Waals surface area (Å²) in [4.78, 5) is 14.3. The fourth-order valence-corrected chi connectivity index (χ4v) is 2.46. The van der Waals surface area contributed by atoms with Crippen LogP contribution >= 0.6 is 24.8 Å². The highest BCUT2D eigenvalue weighted by atomic mass is 35.5. The van der Waals surface area contributed by atoms with E-state index in [2.05, 4.69) is 17.1 Å². The molecule has 20 heavy (non-hydrogen) atoms. The fraction of sp³-hybridized carbons (Fsp3) is 0.615. The number of hydrogen-bond donors (Lipinski definition) is 2. The van der Waals surface area contributed by atoms with Crippen molar-refractivity contribution in [3.63, 3.8) is 0 Å². The van der Waals surface area contributed by atoms with Crippen LogP contribution in [0.4, 0.5) is 0 Å². The summed E-state index contributed by atoms with van der Waals surface area (Å²) in [5.41, 5.74) is 5.99. The SMILES string of the molecule is CCN1CCCC1CNC(=O)c1coc(CN)c1.Cl.Cl. The van der Waals surface area contributed by atoms with E-state index >= 15 is 0 Å². The molecule has 0 spiro atoms. The van der Waals surface area contributed by atoms with Crippen LogP contribution in [0.1, 0.15) is 35.9 Å². The van der Waals surface area contributed by atoms with Gasteiger partial charge in [-0.3, -0.25) is 9.69 Å². The minimum atomic E-state index is -0.0820. The normalized spacial score (nSPS) is 18.2. The lowest BCUT2D eigenvalue weighted by Gasteiger charge is -2.22. The zero-order valence-corrected chi connectivity index (χ0v) is 13.3. The maximum Gasteiger partial charge on any atom is 0.254 e. The molecule has 1 aliphatic heterocycles. The van der Waals surface area contributed by atoms with Crippen LogP contribution in [-0.4, -0.2) is 36.5 Å². The van der Waals surface area contributed by atoms with Crippen molar-refractivity contribution in [2.24, 2.45) is 5.73 Å². The van der Waals surface area contributed by atoms with Gasteiger partial charge in [0.15, 0.2) is 0 Å². The van der Waals surface area contributed by atoms with Gasteiger partial charge in [0.2, 0.25) is 0 Å². The summed E-state index contributed by atoms with van der Waals surface area (Å²) in [6.07, 6.45) is 3.84. The molecular weight excluding hydrogens is 301 g/mol. The minimum absolute atomic E-state index is 0. The largest absolute Gasteiger partial charge is 0.467 e. The summed E-state index contributed by atoms with van der Waals surface area (Å²) < 4.78 is 5.15. The van der Waals surface area contributed by atoms with Crippen LogP contribution in [0.25, 0.3) is 0 Å². The zero-order chi connectivity index (χ0) is 13.0. The third-order valence-corrected chi connectivity index (χ3v) is 3.52. The molecule has 7 heteroatoms. The maximum atomic E-state index is 11.9. The van der Waals surface area contributed by atoms with Gasteiger partial charge in [0.1, 0.15) is 12.0 Å². The number of likely N-dealkylation sites (tertiary alicyclic amines) is 1. The summed E-state index contributed by atoms with van der Waals surface area (Å²) in [5.74, 6) is 0.553. The number of nitrogens with one attached hydrogen (secondary N) is 1.